The monoisotopic (exact) mass is 184 g/mol. The van der Waals surface area contributed by atoms with E-state index in [9.17, 15) is 0 Å². The number of aryl methyl sites for hydroxylation is 2. The molecule has 0 bridgehead atoms. The van der Waals surface area contributed by atoms with Crippen LogP contribution in [0.3, 0.4) is 0 Å². The molecule has 64 valence electrons. The van der Waals surface area contributed by atoms with Crippen molar-refractivity contribution in [2.75, 3.05) is 0 Å². The zero-order valence-electron chi connectivity index (χ0n) is 6.87. The van der Waals surface area contributed by atoms with Crippen molar-refractivity contribution in [2.45, 2.75) is 13.8 Å². The van der Waals surface area contributed by atoms with Gasteiger partial charge in [0.15, 0.2) is 5.17 Å². The van der Waals surface area contributed by atoms with Gasteiger partial charge in [-0.05, 0) is 25.5 Å². The molecule has 0 fully saturated rings. The largest absolute Gasteiger partial charge is 0.410 e. The van der Waals surface area contributed by atoms with Crippen LogP contribution in [-0.2, 0) is 0 Å². The Balaban J connectivity index is 3.31. The van der Waals surface area contributed by atoms with Gasteiger partial charge in [0.2, 0.25) is 0 Å². The Morgan fingerprint density at radius 3 is 2.75 bits per heavy atom. The maximum absolute atomic E-state index is 8.47. The highest BCUT2D eigenvalue weighted by molar-refractivity contribution is 6.69. The molecule has 0 aliphatic rings. The third-order valence-electron chi connectivity index (χ3n) is 1.64. The molecule has 0 unspecified atom stereocenters. The summed E-state index contributed by atoms with van der Waals surface area (Å²) in [6, 6.07) is 1.82. The Morgan fingerprint density at radius 1 is 1.58 bits per heavy atom. The van der Waals surface area contributed by atoms with Crippen LogP contribution in [0.2, 0.25) is 0 Å². The molecule has 1 N–H and O–H groups in total. The van der Waals surface area contributed by atoms with Gasteiger partial charge < -0.3 is 5.21 Å². The molecule has 0 saturated carbocycles. The maximum atomic E-state index is 8.47. The Kier molecular flexibility index (Phi) is 2.65. The van der Waals surface area contributed by atoms with Crippen LogP contribution in [0.1, 0.15) is 16.8 Å². The highest BCUT2D eigenvalue weighted by atomic mass is 35.5. The lowest BCUT2D eigenvalue weighted by atomic mass is 10.1. The number of hydrogen-bond donors (Lipinski definition) is 1. The molecule has 1 rings (SSSR count). The molecule has 1 aromatic heterocycles. The van der Waals surface area contributed by atoms with Crippen LogP contribution in [0.5, 0.6) is 0 Å². The minimum Gasteiger partial charge on any atom is -0.410 e. The normalized spacial score (nSPS) is 11.8. The van der Waals surface area contributed by atoms with Gasteiger partial charge in [-0.3, -0.25) is 4.98 Å². The molecule has 0 aliphatic carbocycles. The van der Waals surface area contributed by atoms with Gasteiger partial charge in [-0.1, -0.05) is 16.8 Å². The van der Waals surface area contributed by atoms with Crippen molar-refractivity contribution in [3.05, 3.63) is 29.1 Å². The predicted octanol–water partition coefficient (Wildman–Crippen LogP) is 2.07. The molecule has 0 aliphatic heterocycles. The number of oxime groups is 1. The van der Waals surface area contributed by atoms with Crippen molar-refractivity contribution < 1.29 is 5.21 Å². The standard InChI is InChI=1S/C8H9ClN2O/c1-5-3-4-10-6(2)7(5)8(9)11-12/h3-4,12H,1-2H3. The fourth-order valence-corrected chi connectivity index (χ4v) is 1.34. The smallest absolute Gasteiger partial charge is 0.177 e. The summed E-state index contributed by atoms with van der Waals surface area (Å²) in [7, 11) is 0. The summed E-state index contributed by atoms with van der Waals surface area (Å²) in [5.74, 6) is 0. The number of rotatable bonds is 1. The second-order valence-electron chi connectivity index (χ2n) is 2.48. The molecule has 1 heterocycles. The quantitative estimate of drug-likeness (QED) is 0.413. The molecule has 4 heteroatoms. The van der Waals surface area contributed by atoms with Gasteiger partial charge in [0.25, 0.3) is 0 Å². The van der Waals surface area contributed by atoms with E-state index in [1.807, 2.05) is 19.9 Å². The van der Waals surface area contributed by atoms with Gasteiger partial charge in [0, 0.05) is 17.5 Å². The van der Waals surface area contributed by atoms with Gasteiger partial charge in [-0.25, -0.2) is 0 Å². The van der Waals surface area contributed by atoms with Crippen LogP contribution in [-0.4, -0.2) is 15.4 Å². The Hall–Kier alpha value is -1.09. The second-order valence-corrected chi connectivity index (χ2v) is 2.84. The van der Waals surface area contributed by atoms with Gasteiger partial charge in [-0.15, -0.1) is 0 Å². The topological polar surface area (TPSA) is 45.5 Å². The van der Waals surface area contributed by atoms with Crippen LogP contribution in [0.4, 0.5) is 0 Å². The summed E-state index contributed by atoms with van der Waals surface area (Å²) in [6.07, 6.45) is 1.69. The Bertz CT molecular complexity index is 303. The van der Waals surface area contributed by atoms with Crippen LogP contribution in [0.25, 0.3) is 0 Å². The van der Waals surface area contributed by atoms with Crippen LogP contribution in [0, 0.1) is 13.8 Å². The summed E-state index contributed by atoms with van der Waals surface area (Å²) in [5.41, 5.74) is 2.41. The number of pyridine rings is 1. The van der Waals surface area contributed by atoms with Crippen molar-refractivity contribution in [1.82, 2.24) is 4.98 Å². The average Bonchev–Trinajstić information content (AvgIpc) is 2.03. The summed E-state index contributed by atoms with van der Waals surface area (Å²) in [5, 5.41) is 11.5. The lowest BCUT2D eigenvalue weighted by Gasteiger charge is -2.04. The zero-order chi connectivity index (χ0) is 9.14. The molecule has 0 radical (unpaired) electrons. The van der Waals surface area contributed by atoms with Crippen LogP contribution < -0.4 is 0 Å². The minimum absolute atomic E-state index is 0.0816. The molecule has 0 amide bonds. The van der Waals surface area contributed by atoms with Gasteiger partial charge in [0.1, 0.15) is 0 Å². The fraction of sp³-hybridized carbons (Fsp3) is 0.250. The second kappa shape index (κ2) is 3.54. The number of nitrogens with zero attached hydrogens (tertiary/aromatic N) is 2. The van der Waals surface area contributed by atoms with Gasteiger partial charge in [0.05, 0.1) is 0 Å². The molecule has 1 aromatic rings. The highest BCUT2D eigenvalue weighted by Crippen LogP contribution is 2.13. The lowest BCUT2D eigenvalue weighted by molar-refractivity contribution is 0.320. The minimum atomic E-state index is 0.0816. The zero-order valence-corrected chi connectivity index (χ0v) is 7.63. The molecular weight excluding hydrogens is 176 g/mol. The molecule has 0 saturated heterocycles. The molecule has 0 atom stereocenters. The third-order valence-corrected chi connectivity index (χ3v) is 1.91. The fourth-order valence-electron chi connectivity index (χ4n) is 1.06. The SMILES string of the molecule is Cc1ccnc(C)c1C(Cl)=NO. The van der Waals surface area contributed by atoms with E-state index in [0.29, 0.717) is 5.56 Å². The summed E-state index contributed by atoms with van der Waals surface area (Å²) >= 11 is 5.66. The van der Waals surface area contributed by atoms with E-state index in [0.717, 1.165) is 11.3 Å². The van der Waals surface area contributed by atoms with Crippen molar-refractivity contribution in [2.24, 2.45) is 5.16 Å². The Morgan fingerprint density at radius 2 is 2.25 bits per heavy atom. The summed E-state index contributed by atoms with van der Waals surface area (Å²) < 4.78 is 0. The number of hydrogen-bond acceptors (Lipinski definition) is 3. The number of aromatic nitrogens is 1. The lowest BCUT2D eigenvalue weighted by Crippen LogP contribution is -2.00. The first kappa shape index (κ1) is 9.00. The first-order chi connectivity index (χ1) is 5.66. The van der Waals surface area contributed by atoms with Gasteiger partial charge in [-0.2, -0.15) is 0 Å². The van der Waals surface area contributed by atoms with Crippen LogP contribution >= 0.6 is 11.6 Å². The molecule has 0 aromatic carbocycles. The van der Waals surface area contributed by atoms with Crippen molar-refractivity contribution in [3.63, 3.8) is 0 Å². The summed E-state index contributed by atoms with van der Waals surface area (Å²) in [6.45, 7) is 3.70. The van der Waals surface area contributed by atoms with Crippen molar-refractivity contribution in [3.8, 4) is 0 Å². The van der Waals surface area contributed by atoms with E-state index in [-0.39, 0.29) is 5.17 Å². The molecule has 3 nitrogen and oxygen atoms in total. The third kappa shape index (κ3) is 1.56. The van der Waals surface area contributed by atoms with Crippen molar-refractivity contribution >= 4 is 16.8 Å². The number of halogens is 1. The average molecular weight is 185 g/mol. The highest BCUT2D eigenvalue weighted by Gasteiger charge is 2.08. The molecular formula is C8H9ClN2O. The summed E-state index contributed by atoms with van der Waals surface area (Å²) in [4.78, 5) is 4.03. The van der Waals surface area contributed by atoms with E-state index in [1.165, 1.54) is 0 Å². The van der Waals surface area contributed by atoms with Crippen molar-refractivity contribution in [1.29, 1.82) is 0 Å². The predicted molar refractivity (Wildman–Crippen MR) is 47.9 cm³/mol. The molecule has 0 spiro atoms. The first-order valence-corrected chi connectivity index (χ1v) is 3.84. The van der Waals surface area contributed by atoms with E-state index in [4.69, 9.17) is 16.8 Å². The first-order valence-electron chi connectivity index (χ1n) is 3.47. The van der Waals surface area contributed by atoms with Crippen LogP contribution in [0.15, 0.2) is 17.4 Å². The van der Waals surface area contributed by atoms with Gasteiger partial charge >= 0.3 is 0 Å². The van der Waals surface area contributed by atoms with E-state index in [1.54, 1.807) is 6.20 Å². The maximum Gasteiger partial charge on any atom is 0.177 e. The van der Waals surface area contributed by atoms with E-state index >= 15 is 0 Å². The Labute approximate surface area is 75.7 Å². The van der Waals surface area contributed by atoms with E-state index < -0.39 is 0 Å². The molecule has 12 heavy (non-hydrogen) atoms. The van der Waals surface area contributed by atoms with E-state index in [2.05, 4.69) is 10.1 Å².